The van der Waals surface area contributed by atoms with Crippen molar-refractivity contribution in [3.05, 3.63) is 70.5 Å². The largest absolute Gasteiger partial charge is 0.390 e. The van der Waals surface area contributed by atoms with Gasteiger partial charge in [-0.25, -0.2) is 4.68 Å². The zero-order valence-electron chi connectivity index (χ0n) is 12.9. The summed E-state index contributed by atoms with van der Waals surface area (Å²) in [7, 11) is 0. The van der Waals surface area contributed by atoms with E-state index in [1.165, 1.54) is 0 Å². The van der Waals surface area contributed by atoms with Crippen LogP contribution in [0.25, 0.3) is 5.69 Å². The summed E-state index contributed by atoms with van der Waals surface area (Å²) in [6.45, 7) is 1.65. The molecule has 1 amide bonds. The number of carbonyl (C=O) groups is 1. The smallest absolute Gasteiger partial charge is 0.255 e. The number of nitrogens with one attached hydrogen (secondary N) is 1. The van der Waals surface area contributed by atoms with Gasteiger partial charge in [-0.05, 0) is 48.9 Å². The highest BCUT2D eigenvalue weighted by Gasteiger charge is 2.11. The van der Waals surface area contributed by atoms with Crippen LogP contribution in [0, 0.1) is 6.92 Å². The molecule has 3 rings (SSSR count). The van der Waals surface area contributed by atoms with Crippen LogP contribution in [0.1, 0.15) is 21.6 Å². The number of benzene rings is 2. The van der Waals surface area contributed by atoms with Crippen molar-refractivity contribution in [3.8, 4) is 5.69 Å². The molecule has 0 unspecified atom stereocenters. The van der Waals surface area contributed by atoms with Crippen molar-refractivity contribution >= 4 is 23.2 Å². The summed E-state index contributed by atoms with van der Waals surface area (Å²) in [5, 5.41) is 20.2. The van der Waals surface area contributed by atoms with Gasteiger partial charge in [-0.1, -0.05) is 22.9 Å². The van der Waals surface area contributed by atoms with Gasteiger partial charge in [0.15, 0.2) is 0 Å². The number of aliphatic hydroxyl groups is 1. The summed E-state index contributed by atoms with van der Waals surface area (Å²) in [6, 6.07) is 12.4. The van der Waals surface area contributed by atoms with Gasteiger partial charge >= 0.3 is 0 Å². The van der Waals surface area contributed by atoms with Crippen molar-refractivity contribution in [1.29, 1.82) is 0 Å². The molecule has 0 aliphatic heterocycles. The van der Waals surface area contributed by atoms with Crippen LogP contribution in [-0.4, -0.2) is 26.0 Å². The van der Waals surface area contributed by atoms with Crippen molar-refractivity contribution in [1.82, 2.24) is 15.0 Å². The maximum Gasteiger partial charge on any atom is 0.255 e. The first-order valence-electron chi connectivity index (χ1n) is 7.27. The highest BCUT2D eigenvalue weighted by atomic mass is 35.5. The van der Waals surface area contributed by atoms with Crippen LogP contribution in [0.5, 0.6) is 0 Å². The number of hydrogen-bond donors (Lipinski definition) is 2. The molecule has 0 radical (unpaired) electrons. The Bertz CT molecular complexity index is 875. The molecule has 0 fully saturated rings. The van der Waals surface area contributed by atoms with Gasteiger partial charge in [0, 0.05) is 16.3 Å². The van der Waals surface area contributed by atoms with Gasteiger partial charge in [-0.15, -0.1) is 5.10 Å². The fourth-order valence-electron chi connectivity index (χ4n) is 2.25. The highest BCUT2D eigenvalue weighted by molar-refractivity contribution is 6.32. The molecule has 7 heteroatoms. The van der Waals surface area contributed by atoms with Crippen molar-refractivity contribution < 1.29 is 9.90 Å². The molecule has 0 atom stereocenters. The molecule has 0 spiro atoms. The summed E-state index contributed by atoms with van der Waals surface area (Å²) in [5.74, 6) is -0.217. The van der Waals surface area contributed by atoms with E-state index in [1.54, 1.807) is 53.3 Å². The SMILES string of the molecule is Cc1c(Cl)cccc1C(=O)Nc1ccc(-n2cc(CO)nn2)cc1. The third-order valence-corrected chi connectivity index (χ3v) is 4.01. The Morgan fingerprint density at radius 1 is 1.25 bits per heavy atom. The lowest BCUT2D eigenvalue weighted by Crippen LogP contribution is -2.13. The number of aliphatic hydroxyl groups excluding tert-OH is 1. The zero-order valence-corrected chi connectivity index (χ0v) is 13.7. The Balaban J connectivity index is 1.76. The van der Waals surface area contributed by atoms with E-state index in [0.717, 1.165) is 11.3 Å². The van der Waals surface area contributed by atoms with Gasteiger partial charge < -0.3 is 10.4 Å². The van der Waals surface area contributed by atoms with Gasteiger partial charge in [0.1, 0.15) is 5.69 Å². The monoisotopic (exact) mass is 342 g/mol. The molecule has 0 aliphatic carbocycles. The summed E-state index contributed by atoms with van der Waals surface area (Å²) < 4.78 is 1.55. The van der Waals surface area contributed by atoms with E-state index in [2.05, 4.69) is 15.6 Å². The minimum absolute atomic E-state index is 0.160. The summed E-state index contributed by atoms with van der Waals surface area (Å²) in [5.41, 5.74) is 3.21. The molecular formula is C17H15ClN4O2. The second-order valence-electron chi connectivity index (χ2n) is 5.23. The molecule has 1 aromatic heterocycles. The molecule has 0 saturated carbocycles. The van der Waals surface area contributed by atoms with Crippen molar-refractivity contribution in [2.75, 3.05) is 5.32 Å². The first kappa shape index (κ1) is 16.2. The molecule has 6 nitrogen and oxygen atoms in total. The van der Waals surface area contributed by atoms with E-state index in [-0.39, 0.29) is 12.5 Å². The van der Waals surface area contributed by atoms with E-state index >= 15 is 0 Å². The average Bonchev–Trinajstić information content (AvgIpc) is 3.07. The zero-order chi connectivity index (χ0) is 17.1. The second kappa shape index (κ2) is 6.82. The third kappa shape index (κ3) is 3.29. The summed E-state index contributed by atoms with van der Waals surface area (Å²) in [4.78, 5) is 12.4. The van der Waals surface area contributed by atoms with E-state index in [9.17, 15) is 4.79 Å². The van der Waals surface area contributed by atoms with Gasteiger partial charge in [0.2, 0.25) is 0 Å². The van der Waals surface area contributed by atoms with E-state index in [4.69, 9.17) is 16.7 Å². The second-order valence-corrected chi connectivity index (χ2v) is 5.63. The summed E-state index contributed by atoms with van der Waals surface area (Å²) in [6.07, 6.45) is 1.64. The topological polar surface area (TPSA) is 80.0 Å². The molecule has 0 saturated heterocycles. The minimum Gasteiger partial charge on any atom is -0.390 e. The third-order valence-electron chi connectivity index (χ3n) is 3.60. The average molecular weight is 343 g/mol. The maximum absolute atomic E-state index is 12.4. The number of aromatic nitrogens is 3. The molecule has 122 valence electrons. The lowest BCUT2D eigenvalue weighted by atomic mass is 10.1. The molecule has 1 heterocycles. The molecule has 0 aliphatic rings. The Morgan fingerprint density at radius 3 is 2.67 bits per heavy atom. The van der Waals surface area contributed by atoms with Crippen LogP contribution in [-0.2, 0) is 6.61 Å². The Hall–Kier alpha value is -2.70. The van der Waals surface area contributed by atoms with Crippen LogP contribution >= 0.6 is 11.6 Å². The lowest BCUT2D eigenvalue weighted by Gasteiger charge is -2.09. The van der Waals surface area contributed by atoms with Crippen LogP contribution in [0.2, 0.25) is 5.02 Å². The minimum atomic E-state index is -0.217. The predicted octanol–water partition coefficient (Wildman–Crippen LogP) is 2.97. The van der Waals surface area contributed by atoms with Crippen molar-refractivity contribution in [3.63, 3.8) is 0 Å². The number of nitrogens with zero attached hydrogens (tertiary/aromatic N) is 3. The van der Waals surface area contributed by atoms with Crippen LogP contribution in [0.3, 0.4) is 0 Å². The van der Waals surface area contributed by atoms with Gasteiger partial charge in [0.25, 0.3) is 5.91 Å². The summed E-state index contributed by atoms with van der Waals surface area (Å²) >= 11 is 6.05. The Morgan fingerprint density at radius 2 is 2.00 bits per heavy atom. The van der Waals surface area contributed by atoms with E-state index < -0.39 is 0 Å². The molecular weight excluding hydrogens is 328 g/mol. The van der Waals surface area contributed by atoms with Crippen LogP contribution in [0.15, 0.2) is 48.7 Å². The molecule has 3 aromatic rings. The number of halogens is 1. The highest BCUT2D eigenvalue weighted by Crippen LogP contribution is 2.20. The number of carbonyl (C=O) groups excluding carboxylic acids is 1. The van der Waals surface area contributed by atoms with Crippen molar-refractivity contribution in [2.24, 2.45) is 0 Å². The molecule has 0 bridgehead atoms. The van der Waals surface area contributed by atoms with E-state index in [1.807, 2.05) is 6.92 Å². The number of anilines is 1. The standard InChI is InChI=1S/C17H15ClN4O2/c1-11-15(3-2-4-16(11)18)17(24)19-12-5-7-14(8-6-12)22-9-13(10-23)20-21-22/h2-9,23H,10H2,1H3,(H,19,24). The predicted molar refractivity (Wildman–Crippen MR) is 91.4 cm³/mol. The number of rotatable bonds is 4. The maximum atomic E-state index is 12.4. The first-order chi connectivity index (χ1) is 11.6. The van der Waals surface area contributed by atoms with Gasteiger partial charge in [-0.2, -0.15) is 0 Å². The molecule has 2 aromatic carbocycles. The van der Waals surface area contributed by atoms with Gasteiger partial charge in [0.05, 0.1) is 18.5 Å². The molecule has 24 heavy (non-hydrogen) atoms. The van der Waals surface area contributed by atoms with Gasteiger partial charge in [-0.3, -0.25) is 4.79 Å². The normalized spacial score (nSPS) is 10.6. The molecule has 2 N–H and O–H groups in total. The van der Waals surface area contributed by atoms with Crippen LogP contribution < -0.4 is 5.32 Å². The van der Waals surface area contributed by atoms with Crippen molar-refractivity contribution in [2.45, 2.75) is 13.5 Å². The van der Waals surface area contributed by atoms with E-state index in [0.29, 0.717) is 22.0 Å². The van der Waals surface area contributed by atoms with Crippen LogP contribution in [0.4, 0.5) is 5.69 Å². The Labute approximate surface area is 143 Å². The number of amides is 1. The fourth-order valence-corrected chi connectivity index (χ4v) is 2.42. The fraction of sp³-hybridized carbons (Fsp3) is 0.118. The quantitative estimate of drug-likeness (QED) is 0.764. The number of hydrogen-bond acceptors (Lipinski definition) is 4. The lowest BCUT2D eigenvalue weighted by molar-refractivity contribution is 0.102. The Kier molecular flexibility index (Phi) is 4.59. The first-order valence-corrected chi connectivity index (χ1v) is 7.65.